The highest BCUT2D eigenvalue weighted by Gasteiger charge is 2.21. The molecular formula is C18H21N3O5S. The van der Waals surface area contributed by atoms with Gasteiger partial charge >= 0.3 is 0 Å². The lowest BCUT2D eigenvalue weighted by Crippen LogP contribution is -2.37. The average Bonchev–Trinajstić information content (AvgIpc) is 2.58. The average molecular weight is 391 g/mol. The molecule has 0 aliphatic carbocycles. The number of sulfonamides is 1. The lowest BCUT2D eigenvalue weighted by atomic mass is 10.2. The number of hydrogen-bond donors (Lipinski definition) is 2. The second-order valence-electron chi connectivity index (χ2n) is 5.78. The molecule has 0 saturated heterocycles. The van der Waals surface area contributed by atoms with Gasteiger partial charge in [-0.1, -0.05) is 12.1 Å². The number of rotatable bonds is 7. The van der Waals surface area contributed by atoms with E-state index in [2.05, 4.69) is 10.6 Å². The molecule has 0 aromatic heterocycles. The van der Waals surface area contributed by atoms with Gasteiger partial charge in [0.25, 0.3) is 0 Å². The molecule has 0 heterocycles. The van der Waals surface area contributed by atoms with E-state index in [0.717, 1.165) is 10.6 Å². The van der Waals surface area contributed by atoms with E-state index in [-0.39, 0.29) is 11.6 Å². The second-order valence-corrected chi connectivity index (χ2v) is 7.69. The summed E-state index contributed by atoms with van der Waals surface area (Å²) in [5.41, 5.74) is 1.19. The molecule has 2 N–H and O–H groups in total. The van der Waals surface area contributed by atoms with Crippen LogP contribution in [0.1, 0.15) is 6.92 Å². The number of carbonyl (C=O) groups is 2. The number of carbonyl (C=O) groups excluding carboxylic acids is 2. The van der Waals surface area contributed by atoms with Crippen molar-refractivity contribution in [3.8, 4) is 5.75 Å². The van der Waals surface area contributed by atoms with E-state index >= 15 is 0 Å². The molecular weight excluding hydrogens is 370 g/mol. The van der Waals surface area contributed by atoms with Gasteiger partial charge in [-0.15, -0.1) is 0 Å². The van der Waals surface area contributed by atoms with Gasteiger partial charge in [0.05, 0.1) is 19.1 Å². The Bertz CT molecular complexity index is 944. The molecule has 144 valence electrons. The van der Waals surface area contributed by atoms with Crippen LogP contribution in [0.2, 0.25) is 0 Å². The van der Waals surface area contributed by atoms with E-state index in [1.165, 1.54) is 20.1 Å². The van der Waals surface area contributed by atoms with Crippen molar-refractivity contribution in [3.05, 3.63) is 48.5 Å². The highest BCUT2D eigenvalue weighted by Crippen LogP contribution is 2.22. The molecule has 0 aliphatic heterocycles. The highest BCUT2D eigenvalue weighted by atomic mass is 32.2. The predicted octanol–water partition coefficient (Wildman–Crippen LogP) is 2.06. The summed E-state index contributed by atoms with van der Waals surface area (Å²) in [6, 6.07) is 13.0. The van der Waals surface area contributed by atoms with Gasteiger partial charge < -0.3 is 15.4 Å². The fourth-order valence-corrected chi connectivity index (χ4v) is 3.22. The lowest BCUT2D eigenvalue weighted by Gasteiger charge is -2.22. The molecule has 8 nitrogen and oxygen atoms in total. The minimum Gasteiger partial charge on any atom is -0.497 e. The van der Waals surface area contributed by atoms with Crippen LogP contribution in [0.5, 0.6) is 5.75 Å². The SMILES string of the molecule is COc1cccc(NC(=O)CN(c2cccc(NC(C)=O)c2)S(C)(=O)=O)c1. The number of nitrogens with zero attached hydrogens (tertiary/aromatic N) is 1. The molecule has 27 heavy (non-hydrogen) atoms. The normalized spacial score (nSPS) is 10.8. The summed E-state index contributed by atoms with van der Waals surface area (Å²) in [4.78, 5) is 23.6. The van der Waals surface area contributed by atoms with Crippen LogP contribution in [-0.2, 0) is 19.6 Å². The lowest BCUT2D eigenvalue weighted by molar-refractivity contribution is -0.115. The van der Waals surface area contributed by atoms with Crippen LogP contribution in [0.3, 0.4) is 0 Å². The van der Waals surface area contributed by atoms with E-state index in [9.17, 15) is 18.0 Å². The van der Waals surface area contributed by atoms with Crippen molar-refractivity contribution in [1.29, 1.82) is 0 Å². The first-order chi connectivity index (χ1) is 12.7. The van der Waals surface area contributed by atoms with Crippen LogP contribution < -0.4 is 19.7 Å². The minimum atomic E-state index is -3.73. The third-order valence-electron chi connectivity index (χ3n) is 3.50. The molecule has 2 aromatic carbocycles. The molecule has 0 bridgehead atoms. The van der Waals surface area contributed by atoms with Crippen molar-refractivity contribution in [3.63, 3.8) is 0 Å². The summed E-state index contributed by atoms with van der Waals surface area (Å²) in [5.74, 6) is -0.233. The summed E-state index contributed by atoms with van der Waals surface area (Å²) in [7, 11) is -2.22. The molecule has 0 saturated carbocycles. The zero-order chi connectivity index (χ0) is 20.0. The minimum absolute atomic E-state index is 0.268. The Morgan fingerprint density at radius 3 is 2.26 bits per heavy atom. The van der Waals surface area contributed by atoms with E-state index in [1.807, 2.05) is 0 Å². The topological polar surface area (TPSA) is 105 Å². The van der Waals surface area contributed by atoms with Crippen LogP contribution in [0, 0.1) is 0 Å². The smallest absolute Gasteiger partial charge is 0.245 e. The fraction of sp³-hybridized carbons (Fsp3) is 0.222. The van der Waals surface area contributed by atoms with Crippen LogP contribution >= 0.6 is 0 Å². The first kappa shape index (κ1) is 20.2. The van der Waals surface area contributed by atoms with E-state index in [1.54, 1.807) is 42.5 Å². The van der Waals surface area contributed by atoms with Gasteiger partial charge in [0, 0.05) is 24.4 Å². The summed E-state index contributed by atoms with van der Waals surface area (Å²) < 4.78 is 30.4. The van der Waals surface area contributed by atoms with Crippen LogP contribution in [-0.4, -0.2) is 40.1 Å². The number of nitrogens with one attached hydrogen (secondary N) is 2. The van der Waals surface area contributed by atoms with E-state index < -0.39 is 22.5 Å². The summed E-state index contributed by atoms with van der Waals surface area (Å²) >= 11 is 0. The van der Waals surface area contributed by atoms with Crippen molar-refractivity contribution in [1.82, 2.24) is 0 Å². The Morgan fingerprint density at radius 2 is 1.67 bits per heavy atom. The molecule has 0 radical (unpaired) electrons. The third-order valence-corrected chi connectivity index (χ3v) is 4.64. The Hall–Kier alpha value is -3.07. The van der Waals surface area contributed by atoms with Crippen molar-refractivity contribution in [2.75, 3.05) is 34.8 Å². The van der Waals surface area contributed by atoms with Gasteiger partial charge in [-0.3, -0.25) is 13.9 Å². The molecule has 9 heteroatoms. The number of amides is 2. The number of ether oxygens (including phenoxy) is 1. The maximum atomic E-state index is 12.4. The van der Waals surface area contributed by atoms with E-state index in [4.69, 9.17) is 4.74 Å². The Labute approximate surface area is 158 Å². The van der Waals surface area contributed by atoms with Gasteiger partial charge in [0.15, 0.2) is 0 Å². The Morgan fingerprint density at radius 1 is 1.04 bits per heavy atom. The molecule has 0 fully saturated rings. The largest absolute Gasteiger partial charge is 0.497 e. The van der Waals surface area contributed by atoms with Crippen LogP contribution in [0.25, 0.3) is 0 Å². The highest BCUT2D eigenvalue weighted by molar-refractivity contribution is 7.92. The molecule has 2 rings (SSSR count). The molecule has 0 aliphatic rings. The predicted molar refractivity (Wildman–Crippen MR) is 105 cm³/mol. The van der Waals surface area contributed by atoms with Gasteiger partial charge in [-0.05, 0) is 30.3 Å². The Kier molecular flexibility index (Phi) is 6.40. The molecule has 2 amide bonds. The monoisotopic (exact) mass is 391 g/mol. The zero-order valence-corrected chi connectivity index (χ0v) is 16.0. The van der Waals surface area contributed by atoms with Crippen LogP contribution in [0.4, 0.5) is 17.1 Å². The fourth-order valence-electron chi connectivity index (χ4n) is 2.37. The van der Waals surface area contributed by atoms with E-state index in [0.29, 0.717) is 17.1 Å². The van der Waals surface area contributed by atoms with Crippen molar-refractivity contribution in [2.24, 2.45) is 0 Å². The van der Waals surface area contributed by atoms with Gasteiger partial charge in [-0.25, -0.2) is 8.42 Å². The second kappa shape index (κ2) is 8.54. The summed E-state index contributed by atoms with van der Waals surface area (Å²) in [6.07, 6.45) is 1.01. The summed E-state index contributed by atoms with van der Waals surface area (Å²) in [6.45, 7) is 0.933. The van der Waals surface area contributed by atoms with Crippen molar-refractivity contribution < 1.29 is 22.7 Å². The zero-order valence-electron chi connectivity index (χ0n) is 15.2. The maximum Gasteiger partial charge on any atom is 0.245 e. The number of methoxy groups -OCH3 is 1. The Balaban J connectivity index is 2.22. The molecule has 0 unspecified atom stereocenters. The number of benzene rings is 2. The first-order valence-electron chi connectivity index (χ1n) is 7.98. The molecule has 0 spiro atoms. The van der Waals surface area contributed by atoms with Gasteiger partial charge in [0.2, 0.25) is 21.8 Å². The molecule has 0 atom stereocenters. The van der Waals surface area contributed by atoms with Crippen LogP contribution in [0.15, 0.2) is 48.5 Å². The summed E-state index contributed by atoms with van der Waals surface area (Å²) in [5, 5.41) is 5.22. The standard InChI is InChI=1S/C18H21N3O5S/c1-13(22)19-14-6-4-8-16(10-14)21(27(3,24)25)12-18(23)20-15-7-5-9-17(11-15)26-2/h4-11H,12H2,1-3H3,(H,19,22)(H,20,23). The van der Waals surface area contributed by atoms with Gasteiger partial charge in [-0.2, -0.15) is 0 Å². The third kappa shape index (κ3) is 6.00. The maximum absolute atomic E-state index is 12.4. The quantitative estimate of drug-likeness (QED) is 0.752. The first-order valence-corrected chi connectivity index (χ1v) is 9.83. The van der Waals surface area contributed by atoms with Gasteiger partial charge in [0.1, 0.15) is 12.3 Å². The van der Waals surface area contributed by atoms with Crippen molar-refractivity contribution in [2.45, 2.75) is 6.92 Å². The number of hydrogen-bond acceptors (Lipinski definition) is 5. The number of anilines is 3. The molecule has 2 aromatic rings. The van der Waals surface area contributed by atoms with Crippen molar-refractivity contribution >= 4 is 38.9 Å².